The molecule has 2 N–H and O–H groups in total. The van der Waals surface area contributed by atoms with Gasteiger partial charge in [0.05, 0.1) is 9.71 Å². The van der Waals surface area contributed by atoms with E-state index >= 15 is 0 Å². The number of anilines is 2. The summed E-state index contributed by atoms with van der Waals surface area (Å²) in [7, 11) is 0. The summed E-state index contributed by atoms with van der Waals surface area (Å²) in [5.41, 5.74) is 2.32. The molecule has 0 bridgehead atoms. The lowest BCUT2D eigenvalue weighted by Crippen LogP contribution is -2.30. The maximum Gasteiger partial charge on any atom is 0.294 e. The van der Waals surface area contributed by atoms with E-state index in [4.69, 9.17) is 11.6 Å². The van der Waals surface area contributed by atoms with Crippen molar-refractivity contribution in [3.8, 4) is 11.3 Å². The number of benzene rings is 2. The molecule has 2 amide bonds. The van der Waals surface area contributed by atoms with Crippen LogP contribution in [0.5, 0.6) is 0 Å². The number of rotatable bonds is 5. The maximum atomic E-state index is 12.9. The second-order valence-corrected chi connectivity index (χ2v) is 8.68. The van der Waals surface area contributed by atoms with Gasteiger partial charge in [-0.25, -0.2) is 9.67 Å². The van der Waals surface area contributed by atoms with Crippen molar-refractivity contribution in [3.63, 3.8) is 0 Å². The van der Waals surface area contributed by atoms with E-state index in [1.807, 2.05) is 19.1 Å². The van der Waals surface area contributed by atoms with Gasteiger partial charge in [-0.15, -0.1) is 11.3 Å². The minimum atomic E-state index is -0.432. The Hall–Kier alpha value is -3.56. The number of nitrogens with zero attached hydrogens (tertiary/aromatic N) is 3. The molecule has 32 heavy (non-hydrogen) atoms. The molecule has 162 valence electrons. The molecule has 2 heterocycles. The van der Waals surface area contributed by atoms with E-state index in [1.54, 1.807) is 36.4 Å². The van der Waals surface area contributed by atoms with E-state index in [0.29, 0.717) is 26.8 Å². The quantitative estimate of drug-likeness (QED) is 0.460. The molecule has 0 aliphatic rings. The van der Waals surface area contributed by atoms with E-state index < -0.39 is 11.5 Å². The highest BCUT2D eigenvalue weighted by molar-refractivity contribution is 7.19. The number of fused-ring (bicyclic) bond motifs is 1. The van der Waals surface area contributed by atoms with Crippen molar-refractivity contribution >= 4 is 56.3 Å². The number of nitrogens with one attached hydrogen (secondary N) is 2. The first-order chi connectivity index (χ1) is 15.3. The molecule has 0 saturated heterocycles. The molecule has 0 unspecified atom stereocenters. The zero-order valence-electron chi connectivity index (χ0n) is 17.2. The van der Waals surface area contributed by atoms with Crippen LogP contribution in [0.25, 0.3) is 21.5 Å². The molecule has 2 aromatic heterocycles. The summed E-state index contributed by atoms with van der Waals surface area (Å²) in [4.78, 5) is 41.0. The zero-order chi connectivity index (χ0) is 22.8. The number of hydrogen-bond acceptors (Lipinski definition) is 6. The van der Waals surface area contributed by atoms with Crippen LogP contribution in [-0.4, -0.2) is 26.6 Å². The number of amides is 2. The van der Waals surface area contributed by atoms with Crippen LogP contribution in [-0.2, 0) is 16.1 Å². The van der Waals surface area contributed by atoms with Crippen LogP contribution in [0.4, 0.5) is 11.4 Å². The Balaban J connectivity index is 1.63. The van der Waals surface area contributed by atoms with Gasteiger partial charge < -0.3 is 10.6 Å². The van der Waals surface area contributed by atoms with Crippen LogP contribution < -0.4 is 16.2 Å². The number of halogens is 1. The lowest BCUT2D eigenvalue weighted by molar-refractivity contribution is -0.117. The normalized spacial score (nSPS) is 10.8. The van der Waals surface area contributed by atoms with E-state index in [-0.39, 0.29) is 18.0 Å². The molecule has 0 radical (unpaired) electrons. The van der Waals surface area contributed by atoms with Crippen molar-refractivity contribution in [1.29, 1.82) is 0 Å². The largest absolute Gasteiger partial charge is 0.326 e. The van der Waals surface area contributed by atoms with Gasteiger partial charge >= 0.3 is 0 Å². The second-order valence-electron chi connectivity index (χ2n) is 7.04. The molecule has 2 aromatic carbocycles. The first kappa shape index (κ1) is 21.7. The summed E-state index contributed by atoms with van der Waals surface area (Å²) >= 11 is 7.38. The summed E-state index contributed by atoms with van der Waals surface area (Å²) < 4.78 is 1.78. The SMILES string of the molecule is CC(=O)Nc1ccc(NC(=O)Cn2nc(-c3ccc(Cl)cc3)c3sc(C)nc3c2=O)cc1. The summed E-state index contributed by atoms with van der Waals surface area (Å²) in [5, 5.41) is 11.2. The third-order valence-electron chi connectivity index (χ3n) is 4.51. The Morgan fingerprint density at radius 3 is 2.28 bits per heavy atom. The monoisotopic (exact) mass is 467 g/mol. The van der Waals surface area contributed by atoms with Gasteiger partial charge in [0.2, 0.25) is 11.8 Å². The molecule has 4 rings (SSSR count). The highest BCUT2D eigenvalue weighted by Crippen LogP contribution is 2.30. The molecular formula is C22H18ClN5O3S. The number of carbonyl (C=O) groups excluding carboxylic acids is 2. The van der Waals surface area contributed by atoms with Gasteiger partial charge in [-0.05, 0) is 43.3 Å². The highest BCUT2D eigenvalue weighted by Gasteiger charge is 2.18. The molecule has 0 aliphatic heterocycles. The Morgan fingerprint density at radius 2 is 1.66 bits per heavy atom. The van der Waals surface area contributed by atoms with Gasteiger partial charge in [0, 0.05) is 28.9 Å². The van der Waals surface area contributed by atoms with Crippen LogP contribution in [0.15, 0.2) is 53.3 Å². The number of carbonyl (C=O) groups is 2. The van der Waals surface area contributed by atoms with Crippen molar-refractivity contribution in [1.82, 2.24) is 14.8 Å². The average Bonchev–Trinajstić information content (AvgIpc) is 3.14. The van der Waals surface area contributed by atoms with E-state index in [1.165, 1.54) is 18.3 Å². The smallest absolute Gasteiger partial charge is 0.294 e. The average molecular weight is 468 g/mol. The van der Waals surface area contributed by atoms with Crippen LogP contribution >= 0.6 is 22.9 Å². The van der Waals surface area contributed by atoms with E-state index in [9.17, 15) is 14.4 Å². The minimum Gasteiger partial charge on any atom is -0.326 e. The first-order valence-electron chi connectivity index (χ1n) is 9.62. The Labute approximate surface area is 191 Å². The van der Waals surface area contributed by atoms with Crippen LogP contribution in [0.1, 0.15) is 11.9 Å². The van der Waals surface area contributed by atoms with Crippen LogP contribution in [0, 0.1) is 6.92 Å². The predicted octanol–water partition coefficient (Wildman–Crippen LogP) is 4.08. The Kier molecular flexibility index (Phi) is 6.02. The summed E-state index contributed by atoms with van der Waals surface area (Å²) in [6.07, 6.45) is 0. The van der Waals surface area contributed by atoms with Gasteiger partial charge in [0.1, 0.15) is 12.2 Å². The van der Waals surface area contributed by atoms with Gasteiger partial charge in [-0.3, -0.25) is 14.4 Å². The number of thiazole rings is 1. The molecule has 4 aromatic rings. The maximum absolute atomic E-state index is 12.9. The standard InChI is InChI=1S/C22H18ClN5O3S/c1-12(29)24-16-7-9-17(10-8-16)26-18(30)11-28-22(31)20-21(32-13(2)25-20)19(27-28)14-3-5-15(23)6-4-14/h3-10H,11H2,1-2H3,(H,24,29)(H,26,30). The van der Waals surface area contributed by atoms with Gasteiger partial charge in [0.15, 0.2) is 5.52 Å². The topological polar surface area (TPSA) is 106 Å². The van der Waals surface area contributed by atoms with Crippen molar-refractivity contribution in [3.05, 3.63) is 68.9 Å². The summed E-state index contributed by atoms with van der Waals surface area (Å²) in [6, 6.07) is 13.8. The second kappa shape index (κ2) is 8.89. The molecular weight excluding hydrogens is 450 g/mol. The minimum absolute atomic E-state index is 0.184. The molecule has 0 fully saturated rings. The zero-order valence-corrected chi connectivity index (χ0v) is 18.8. The highest BCUT2D eigenvalue weighted by atomic mass is 35.5. The van der Waals surface area contributed by atoms with E-state index in [2.05, 4.69) is 20.7 Å². The molecule has 8 nitrogen and oxygen atoms in total. The summed E-state index contributed by atoms with van der Waals surface area (Å²) in [5.74, 6) is -0.600. The molecule has 0 atom stereocenters. The lowest BCUT2D eigenvalue weighted by atomic mass is 10.1. The first-order valence-corrected chi connectivity index (χ1v) is 10.8. The van der Waals surface area contributed by atoms with Crippen molar-refractivity contribution in [2.24, 2.45) is 0 Å². The van der Waals surface area contributed by atoms with Gasteiger partial charge in [-0.2, -0.15) is 5.10 Å². The number of hydrogen-bond donors (Lipinski definition) is 2. The Bertz CT molecular complexity index is 1380. The molecule has 10 heteroatoms. The fourth-order valence-corrected chi connectivity index (χ4v) is 4.19. The van der Waals surface area contributed by atoms with Gasteiger partial charge in [0.25, 0.3) is 5.56 Å². The number of aromatic nitrogens is 3. The van der Waals surface area contributed by atoms with Gasteiger partial charge in [-0.1, -0.05) is 23.7 Å². The van der Waals surface area contributed by atoms with Crippen LogP contribution in [0.3, 0.4) is 0 Å². The van der Waals surface area contributed by atoms with E-state index in [0.717, 1.165) is 15.3 Å². The lowest BCUT2D eigenvalue weighted by Gasteiger charge is -2.10. The van der Waals surface area contributed by atoms with Crippen molar-refractivity contribution < 1.29 is 9.59 Å². The van der Waals surface area contributed by atoms with Crippen molar-refractivity contribution in [2.45, 2.75) is 20.4 Å². The molecule has 0 spiro atoms. The molecule has 0 saturated carbocycles. The predicted molar refractivity (Wildman–Crippen MR) is 126 cm³/mol. The third kappa shape index (κ3) is 4.68. The third-order valence-corrected chi connectivity index (χ3v) is 5.74. The molecule has 0 aliphatic carbocycles. The number of aryl methyl sites for hydroxylation is 1. The van der Waals surface area contributed by atoms with Crippen LogP contribution in [0.2, 0.25) is 5.02 Å². The summed E-state index contributed by atoms with van der Waals surface area (Å²) in [6.45, 7) is 2.95. The van der Waals surface area contributed by atoms with Crippen molar-refractivity contribution in [2.75, 3.05) is 10.6 Å². The Morgan fingerprint density at radius 1 is 1.03 bits per heavy atom. The fraction of sp³-hybridized carbons (Fsp3) is 0.136. The fourth-order valence-electron chi connectivity index (χ4n) is 3.15.